The van der Waals surface area contributed by atoms with Gasteiger partial charge >= 0.3 is 5.97 Å². The number of esters is 1. The summed E-state index contributed by atoms with van der Waals surface area (Å²) in [5.74, 6) is 0.982. The molecule has 0 N–H and O–H groups in total. The molecule has 0 fully saturated rings. The number of carbonyl (C=O) groups is 1. The molecule has 124 valence electrons. The topological polar surface area (TPSA) is 72.2 Å². The van der Waals surface area contributed by atoms with Crippen molar-refractivity contribution in [3.05, 3.63) is 52.7 Å². The zero-order valence-electron chi connectivity index (χ0n) is 13.8. The number of rotatable bonds is 6. The van der Waals surface area contributed by atoms with Crippen molar-refractivity contribution in [2.75, 3.05) is 13.7 Å². The lowest BCUT2D eigenvalue weighted by molar-refractivity contribution is 0.0524. The molecule has 0 atom stereocenters. The van der Waals surface area contributed by atoms with Crippen LogP contribution in [0.2, 0.25) is 0 Å². The molecule has 24 heavy (non-hydrogen) atoms. The highest BCUT2D eigenvalue weighted by Gasteiger charge is 2.16. The first-order valence-electron chi connectivity index (χ1n) is 7.43. The fourth-order valence-electron chi connectivity index (χ4n) is 2.10. The number of thioether (sulfide) groups is 1. The van der Waals surface area contributed by atoms with E-state index in [0.29, 0.717) is 27.6 Å². The summed E-state index contributed by atoms with van der Waals surface area (Å²) in [5.41, 5.74) is 2.33. The van der Waals surface area contributed by atoms with Crippen LogP contribution >= 0.6 is 11.8 Å². The van der Waals surface area contributed by atoms with Crippen molar-refractivity contribution in [1.29, 1.82) is 5.26 Å². The molecule has 0 aliphatic rings. The maximum absolute atomic E-state index is 11.9. The molecular weight excluding hydrogens is 324 g/mol. The third-order valence-electron chi connectivity index (χ3n) is 3.30. The van der Waals surface area contributed by atoms with Gasteiger partial charge in [0.15, 0.2) is 0 Å². The number of aromatic nitrogens is 1. The van der Waals surface area contributed by atoms with Crippen molar-refractivity contribution < 1.29 is 14.3 Å². The molecular formula is C18H18N2O3S. The van der Waals surface area contributed by atoms with E-state index in [1.54, 1.807) is 27.0 Å². The highest BCUT2D eigenvalue weighted by molar-refractivity contribution is 7.98. The summed E-state index contributed by atoms with van der Waals surface area (Å²) < 4.78 is 10.2. The van der Waals surface area contributed by atoms with Gasteiger partial charge in [-0.05, 0) is 37.6 Å². The Morgan fingerprint density at radius 2 is 2.17 bits per heavy atom. The molecule has 2 rings (SSSR count). The van der Waals surface area contributed by atoms with Gasteiger partial charge in [0.1, 0.15) is 16.8 Å². The number of nitriles is 1. The summed E-state index contributed by atoms with van der Waals surface area (Å²) >= 11 is 1.45. The predicted octanol–water partition coefficient (Wildman–Crippen LogP) is 3.74. The summed E-state index contributed by atoms with van der Waals surface area (Å²) in [6.45, 7) is 3.76. The Hall–Kier alpha value is -2.52. The highest BCUT2D eigenvalue weighted by Crippen LogP contribution is 2.27. The maximum atomic E-state index is 11.9. The Labute approximate surface area is 145 Å². The molecule has 0 spiro atoms. The van der Waals surface area contributed by atoms with Gasteiger partial charge in [-0.15, -0.1) is 11.8 Å². The first-order valence-corrected chi connectivity index (χ1v) is 8.42. The van der Waals surface area contributed by atoms with Gasteiger partial charge in [-0.3, -0.25) is 0 Å². The molecule has 1 heterocycles. The van der Waals surface area contributed by atoms with Crippen LogP contribution in [0.5, 0.6) is 5.75 Å². The van der Waals surface area contributed by atoms with E-state index >= 15 is 0 Å². The normalized spacial score (nSPS) is 10.1. The van der Waals surface area contributed by atoms with Crippen molar-refractivity contribution in [1.82, 2.24) is 4.98 Å². The molecule has 2 aromatic rings. The first kappa shape index (κ1) is 17.8. The Bertz CT molecular complexity index is 784. The second-order valence-electron chi connectivity index (χ2n) is 4.95. The number of carbonyl (C=O) groups excluding carboxylic acids is 1. The lowest BCUT2D eigenvalue weighted by Crippen LogP contribution is -2.09. The van der Waals surface area contributed by atoms with Crippen LogP contribution in [0, 0.1) is 18.3 Å². The molecule has 5 nitrogen and oxygen atoms in total. The lowest BCUT2D eigenvalue weighted by Gasteiger charge is -2.09. The Morgan fingerprint density at radius 3 is 2.83 bits per heavy atom. The van der Waals surface area contributed by atoms with Crippen LogP contribution < -0.4 is 4.74 Å². The fourth-order valence-corrected chi connectivity index (χ4v) is 3.05. The first-order chi connectivity index (χ1) is 11.6. The summed E-state index contributed by atoms with van der Waals surface area (Å²) in [5, 5.41) is 9.95. The number of methoxy groups -OCH3 is 1. The van der Waals surface area contributed by atoms with E-state index in [1.807, 2.05) is 24.3 Å². The molecule has 0 aliphatic heterocycles. The number of benzene rings is 1. The van der Waals surface area contributed by atoms with Crippen LogP contribution in [-0.2, 0) is 10.5 Å². The highest BCUT2D eigenvalue weighted by atomic mass is 32.2. The monoisotopic (exact) mass is 342 g/mol. The number of pyridine rings is 1. The van der Waals surface area contributed by atoms with Crippen LogP contribution in [-0.4, -0.2) is 24.7 Å². The van der Waals surface area contributed by atoms with E-state index in [-0.39, 0.29) is 6.61 Å². The number of hydrogen-bond donors (Lipinski definition) is 0. The Balaban J connectivity index is 2.22. The van der Waals surface area contributed by atoms with Crippen LogP contribution in [0.15, 0.2) is 35.4 Å². The van der Waals surface area contributed by atoms with E-state index in [2.05, 4.69) is 11.1 Å². The minimum absolute atomic E-state index is 0.284. The summed E-state index contributed by atoms with van der Waals surface area (Å²) in [4.78, 5) is 16.3. The van der Waals surface area contributed by atoms with Crippen molar-refractivity contribution in [3.8, 4) is 11.8 Å². The fraction of sp³-hybridized carbons (Fsp3) is 0.278. The largest absolute Gasteiger partial charge is 0.497 e. The second kappa shape index (κ2) is 8.37. The van der Waals surface area contributed by atoms with Gasteiger partial charge in [-0.25, -0.2) is 9.78 Å². The van der Waals surface area contributed by atoms with Crippen molar-refractivity contribution in [2.24, 2.45) is 0 Å². The Morgan fingerprint density at radius 1 is 1.38 bits per heavy atom. The molecule has 0 aliphatic carbocycles. The lowest BCUT2D eigenvalue weighted by atomic mass is 10.1. The average molecular weight is 342 g/mol. The molecule has 0 radical (unpaired) electrons. The third kappa shape index (κ3) is 4.27. The van der Waals surface area contributed by atoms with Gasteiger partial charge in [0.05, 0.1) is 30.5 Å². The summed E-state index contributed by atoms with van der Waals surface area (Å²) in [7, 11) is 1.62. The zero-order chi connectivity index (χ0) is 17.5. The Kier molecular flexibility index (Phi) is 6.21. The third-order valence-corrected chi connectivity index (χ3v) is 4.37. The minimum atomic E-state index is -0.455. The molecule has 0 bridgehead atoms. The molecule has 1 aromatic carbocycles. The van der Waals surface area contributed by atoms with E-state index in [9.17, 15) is 10.1 Å². The van der Waals surface area contributed by atoms with Crippen LogP contribution in [0.3, 0.4) is 0 Å². The molecule has 0 saturated heterocycles. The molecule has 0 saturated carbocycles. The smallest absolute Gasteiger partial charge is 0.340 e. The maximum Gasteiger partial charge on any atom is 0.340 e. The van der Waals surface area contributed by atoms with Gasteiger partial charge in [0, 0.05) is 5.75 Å². The summed E-state index contributed by atoms with van der Waals surface area (Å²) in [6, 6.07) is 11.4. The SMILES string of the molecule is CCOC(=O)c1cc(C#N)c(SCc2cccc(OC)c2)nc1C. The van der Waals surface area contributed by atoms with Crippen LogP contribution in [0.25, 0.3) is 0 Å². The van der Waals surface area contributed by atoms with Gasteiger partial charge < -0.3 is 9.47 Å². The second-order valence-corrected chi connectivity index (χ2v) is 5.91. The average Bonchev–Trinajstić information content (AvgIpc) is 2.60. The van der Waals surface area contributed by atoms with E-state index in [1.165, 1.54) is 11.8 Å². The van der Waals surface area contributed by atoms with Gasteiger partial charge in [-0.1, -0.05) is 12.1 Å². The molecule has 1 aromatic heterocycles. The number of aryl methyl sites for hydroxylation is 1. The van der Waals surface area contributed by atoms with Crippen LogP contribution in [0.4, 0.5) is 0 Å². The van der Waals surface area contributed by atoms with Gasteiger partial charge in [0.2, 0.25) is 0 Å². The minimum Gasteiger partial charge on any atom is -0.497 e. The zero-order valence-corrected chi connectivity index (χ0v) is 14.6. The molecule has 0 amide bonds. The predicted molar refractivity (Wildman–Crippen MR) is 92.2 cm³/mol. The van der Waals surface area contributed by atoms with Gasteiger partial charge in [-0.2, -0.15) is 5.26 Å². The van der Waals surface area contributed by atoms with Crippen molar-refractivity contribution in [2.45, 2.75) is 24.6 Å². The van der Waals surface area contributed by atoms with E-state index < -0.39 is 5.97 Å². The standard InChI is InChI=1S/C18H18N2O3S/c1-4-23-18(21)16-9-14(10-19)17(20-12(16)2)24-11-13-6-5-7-15(8-13)22-3/h5-9H,4,11H2,1-3H3. The van der Waals surface area contributed by atoms with E-state index in [4.69, 9.17) is 9.47 Å². The van der Waals surface area contributed by atoms with E-state index in [0.717, 1.165) is 11.3 Å². The number of ether oxygens (including phenoxy) is 2. The molecule has 0 unspecified atom stereocenters. The quantitative estimate of drug-likeness (QED) is 0.588. The van der Waals surface area contributed by atoms with Crippen molar-refractivity contribution >= 4 is 17.7 Å². The van der Waals surface area contributed by atoms with Crippen LogP contribution in [0.1, 0.15) is 34.1 Å². The van der Waals surface area contributed by atoms with Crippen molar-refractivity contribution in [3.63, 3.8) is 0 Å². The number of nitrogens with zero attached hydrogens (tertiary/aromatic N) is 2. The van der Waals surface area contributed by atoms with Gasteiger partial charge in [0.25, 0.3) is 0 Å². The summed E-state index contributed by atoms with van der Waals surface area (Å²) in [6.07, 6.45) is 0. The molecule has 6 heteroatoms. The number of hydrogen-bond acceptors (Lipinski definition) is 6.